The predicted molar refractivity (Wildman–Crippen MR) is 97.9 cm³/mol. The van der Waals surface area contributed by atoms with Crippen LogP contribution < -0.4 is 5.32 Å². The molecule has 0 aliphatic heterocycles. The third-order valence-corrected chi connectivity index (χ3v) is 4.56. The number of nitrogens with one attached hydrogen (secondary N) is 1. The van der Waals surface area contributed by atoms with Crippen molar-refractivity contribution in [1.82, 2.24) is 35.0 Å². The molecule has 0 unspecified atom stereocenters. The number of carbonyl (C=O) groups is 1. The highest BCUT2D eigenvalue weighted by molar-refractivity contribution is 7.98. The molecule has 0 bridgehead atoms. The summed E-state index contributed by atoms with van der Waals surface area (Å²) in [6.07, 6.45) is 3.77. The van der Waals surface area contributed by atoms with Gasteiger partial charge in [-0.25, -0.2) is 4.68 Å². The fourth-order valence-corrected chi connectivity index (χ4v) is 3.24. The van der Waals surface area contributed by atoms with Crippen LogP contribution in [0.2, 0.25) is 0 Å². The molecule has 0 fully saturated rings. The van der Waals surface area contributed by atoms with Crippen molar-refractivity contribution in [2.24, 2.45) is 0 Å². The molecule has 0 aliphatic carbocycles. The standard InChI is InChI=1S/C16H20N8OS/c1-3-4-8-24-15(19-21-22-24)10-26-16-20-17-11-23(16)14-7-5-6-13(9-14)18-12(2)25/h5-7,9,11H,3-4,8,10H2,1-2H3,(H,18,25). The fraction of sp³-hybridized carbons (Fsp3) is 0.375. The minimum Gasteiger partial charge on any atom is -0.326 e. The van der Waals surface area contributed by atoms with Gasteiger partial charge >= 0.3 is 0 Å². The molecule has 26 heavy (non-hydrogen) atoms. The van der Waals surface area contributed by atoms with E-state index in [1.54, 1.807) is 6.33 Å². The van der Waals surface area contributed by atoms with E-state index in [4.69, 9.17) is 0 Å². The van der Waals surface area contributed by atoms with E-state index in [0.29, 0.717) is 5.75 Å². The second-order valence-electron chi connectivity index (χ2n) is 5.68. The molecule has 2 aromatic heterocycles. The van der Waals surface area contributed by atoms with Gasteiger partial charge in [-0.1, -0.05) is 31.2 Å². The Morgan fingerprint density at radius 1 is 1.31 bits per heavy atom. The van der Waals surface area contributed by atoms with Gasteiger partial charge < -0.3 is 5.32 Å². The summed E-state index contributed by atoms with van der Waals surface area (Å²) < 4.78 is 3.70. The van der Waals surface area contributed by atoms with Crippen LogP contribution in [0.25, 0.3) is 5.69 Å². The molecule has 1 aromatic carbocycles. The van der Waals surface area contributed by atoms with E-state index in [-0.39, 0.29) is 5.91 Å². The van der Waals surface area contributed by atoms with Crippen LogP contribution in [-0.4, -0.2) is 40.9 Å². The van der Waals surface area contributed by atoms with Crippen molar-refractivity contribution in [2.45, 2.75) is 44.1 Å². The molecule has 0 saturated heterocycles. The van der Waals surface area contributed by atoms with Crippen molar-refractivity contribution in [3.8, 4) is 5.69 Å². The molecule has 0 radical (unpaired) electrons. The van der Waals surface area contributed by atoms with Crippen LogP contribution >= 0.6 is 11.8 Å². The van der Waals surface area contributed by atoms with Gasteiger partial charge in [0.2, 0.25) is 5.91 Å². The molecule has 1 amide bonds. The van der Waals surface area contributed by atoms with Crippen molar-refractivity contribution in [3.05, 3.63) is 36.4 Å². The number of unbranched alkanes of at least 4 members (excludes halogenated alkanes) is 1. The number of carbonyl (C=O) groups excluding carboxylic acids is 1. The monoisotopic (exact) mass is 372 g/mol. The molecule has 9 nitrogen and oxygen atoms in total. The number of tetrazole rings is 1. The summed E-state index contributed by atoms with van der Waals surface area (Å²) >= 11 is 1.51. The Bertz CT molecular complexity index is 875. The summed E-state index contributed by atoms with van der Waals surface area (Å²) in [7, 11) is 0. The Kier molecular flexibility index (Phi) is 5.95. The van der Waals surface area contributed by atoms with E-state index in [0.717, 1.165) is 41.7 Å². The maximum absolute atomic E-state index is 11.3. The number of rotatable bonds is 8. The van der Waals surface area contributed by atoms with Gasteiger partial charge in [0.15, 0.2) is 11.0 Å². The summed E-state index contributed by atoms with van der Waals surface area (Å²) in [6, 6.07) is 7.52. The van der Waals surface area contributed by atoms with Crippen LogP contribution in [-0.2, 0) is 17.1 Å². The Balaban J connectivity index is 1.73. The van der Waals surface area contributed by atoms with E-state index in [1.807, 2.05) is 33.5 Å². The van der Waals surface area contributed by atoms with E-state index in [9.17, 15) is 4.79 Å². The largest absolute Gasteiger partial charge is 0.326 e. The van der Waals surface area contributed by atoms with Gasteiger partial charge in [-0.05, 0) is 35.0 Å². The van der Waals surface area contributed by atoms with Crippen molar-refractivity contribution >= 4 is 23.4 Å². The number of aryl methyl sites for hydroxylation is 1. The SMILES string of the molecule is CCCCn1nnnc1CSc1nncn1-c1cccc(NC(C)=O)c1. The second-order valence-corrected chi connectivity index (χ2v) is 6.62. The Labute approximate surface area is 155 Å². The van der Waals surface area contributed by atoms with E-state index >= 15 is 0 Å². The molecule has 3 aromatic rings. The number of thioether (sulfide) groups is 1. The van der Waals surface area contributed by atoms with Crippen molar-refractivity contribution in [1.29, 1.82) is 0 Å². The molecular weight excluding hydrogens is 352 g/mol. The molecule has 2 heterocycles. The lowest BCUT2D eigenvalue weighted by atomic mass is 10.2. The van der Waals surface area contributed by atoms with Crippen molar-refractivity contribution in [3.63, 3.8) is 0 Å². The highest BCUT2D eigenvalue weighted by atomic mass is 32.2. The van der Waals surface area contributed by atoms with Crippen LogP contribution in [0.4, 0.5) is 5.69 Å². The second kappa shape index (κ2) is 8.56. The number of nitrogens with zero attached hydrogens (tertiary/aromatic N) is 7. The molecule has 0 spiro atoms. The lowest BCUT2D eigenvalue weighted by Crippen LogP contribution is -2.06. The van der Waals surface area contributed by atoms with Gasteiger partial charge in [0, 0.05) is 19.2 Å². The van der Waals surface area contributed by atoms with Crippen LogP contribution in [0.1, 0.15) is 32.5 Å². The first-order valence-corrected chi connectivity index (χ1v) is 9.32. The summed E-state index contributed by atoms with van der Waals surface area (Å²) in [5, 5.41) is 23.6. The number of hydrogen-bond acceptors (Lipinski definition) is 7. The lowest BCUT2D eigenvalue weighted by molar-refractivity contribution is -0.114. The predicted octanol–water partition coefficient (Wildman–Crippen LogP) is 2.30. The van der Waals surface area contributed by atoms with Gasteiger partial charge in [-0.15, -0.1) is 15.3 Å². The molecular formula is C16H20N8OS. The van der Waals surface area contributed by atoms with Crippen LogP contribution in [0.3, 0.4) is 0 Å². The third kappa shape index (κ3) is 4.45. The minimum atomic E-state index is -0.112. The topological polar surface area (TPSA) is 103 Å². The first kappa shape index (κ1) is 18.1. The fourth-order valence-electron chi connectivity index (χ4n) is 2.37. The highest BCUT2D eigenvalue weighted by Gasteiger charge is 2.12. The Hall–Kier alpha value is -2.75. The minimum absolute atomic E-state index is 0.112. The molecule has 0 atom stereocenters. The molecule has 10 heteroatoms. The van der Waals surface area contributed by atoms with Gasteiger partial charge in [-0.3, -0.25) is 9.36 Å². The van der Waals surface area contributed by atoms with Crippen molar-refractivity contribution in [2.75, 3.05) is 5.32 Å². The van der Waals surface area contributed by atoms with E-state index in [1.165, 1.54) is 18.7 Å². The number of amides is 1. The van der Waals surface area contributed by atoms with Gasteiger partial charge in [0.1, 0.15) is 6.33 Å². The zero-order valence-electron chi connectivity index (χ0n) is 14.7. The molecule has 0 aliphatic rings. The average Bonchev–Trinajstić information content (AvgIpc) is 3.26. The van der Waals surface area contributed by atoms with Gasteiger partial charge in [0.25, 0.3) is 0 Å². The lowest BCUT2D eigenvalue weighted by Gasteiger charge is -2.09. The van der Waals surface area contributed by atoms with Crippen LogP contribution in [0, 0.1) is 0 Å². The van der Waals surface area contributed by atoms with E-state index in [2.05, 4.69) is 38.0 Å². The normalized spacial score (nSPS) is 10.8. The van der Waals surface area contributed by atoms with E-state index < -0.39 is 0 Å². The maximum atomic E-state index is 11.3. The maximum Gasteiger partial charge on any atom is 0.221 e. The number of anilines is 1. The quantitative estimate of drug-likeness (QED) is 0.605. The number of hydrogen-bond donors (Lipinski definition) is 1. The number of aromatic nitrogens is 7. The highest BCUT2D eigenvalue weighted by Crippen LogP contribution is 2.24. The summed E-state index contributed by atoms with van der Waals surface area (Å²) in [5.41, 5.74) is 1.59. The van der Waals surface area contributed by atoms with Crippen LogP contribution in [0.5, 0.6) is 0 Å². The van der Waals surface area contributed by atoms with Gasteiger partial charge in [0.05, 0.1) is 11.4 Å². The summed E-state index contributed by atoms with van der Waals surface area (Å²) in [6.45, 7) is 4.43. The number of benzene rings is 1. The van der Waals surface area contributed by atoms with Crippen molar-refractivity contribution < 1.29 is 4.79 Å². The molecule has 0 saturated carbocycles. The third-order valence-electron chi connectivity index (χ3n) is 3.62. The zero-order valence-corrected chi connectivity index (χ0v) is 15.5. The van der Waals surface area contributed by atoms with Crippen LogP contribution in [0.15, 0.2) is 35.7 Å². The smallest absolute Gasteiger partial charge is 0.221 e. The zero-order chi connectivity index (χ0) is 18.4. The summed E-state index contributed by atoms with van der Waals surface area (Å²) in [5.74, 6) is 1.30. The summed E-state index contributed by atoms with van der Waals surface area (Å²) in [4.78, 5) is 11.3. The average molecular weight is 372 g/mol. The molecule has 136 valence electrons. The first-order chi connectivity index (χ1) is 12.7. The first-order valence-electron chi connectivity index (χ1n) is 8.33. The molecule has 1 N–H and O–H groups in total. The Morgan fingerprint density at radius 2 is 2.19 bits per heavy atom. The van der Waals surface area contributed by atoms with Gasteiger partial charge in [-0.2, -0.15) is 0 Å². The Morgan fingerprint density at radius 3 is 3.00 bits per heavy atom. The molecule has 3 rings (SSSR count).